The van der Waals surface area contributed by atoms with Crippen LogP contribution in [-0.2, 0) is 6.42 Å². The van der Waals surface area contributed by atoms with Crippen molar-refractivity contribution in [2.45, 2.75) is 6.42 Å². The van der Waals surface area contributed by atoms with Crippen LogP contribution in [0.1, 0.15) is 5.56 Å². The molecule has 0 radical (unpaired) electrons. The molecule has 0 bridgehead atoms. The highest BCUT2D eigenvalue weighted by atomic mass is 35.5. The third kappa shape index (κ3) is 2.39. The molecule has 0 fully saturated rings. The number of benzene rings is 3. The molecular weight excluding hydrogens is 330 g/mol. The summed E-state index contributed by atoms with van der Waals surface area (Å²) >= 11 is 6.17. The molecule has 4 heteroatoms. The first kappa shape index (κ1) is 14.6. The summed E-state index contributed by atoms with van der Waals surface area (Å²) < 4.78 is 1.97. The van der Waals surface area contributed by atoms with Gasteiger partial charge in [0.25, 0.3) is 0 Å². The van der Waals surface area contributed by atoms with Crippen molar-refractivity contribution < 1.29 is 0 Å². The molecule has 5 rings (SSSR count). The van der Waals surface area contributed by atoms with Crippen LogP contribution in [0.15, 0.2) is 66.7 Å². The summed E-state index contributed by atoms with van der Waals surface area (Å²) in [5.41, 5.74) is 4.45. The molecule has 0 spiro atoms. The van der Waals surface area contributed by atoms with Crippen molar-refractivity contribution in [1.29, 1.82) is 0 Å². The van der Waals surface area contributed by atoms with Crippen LogP contribution in [0.2, 0.25) is 5.02 Å². The lowest BCUT2D eigenvalue weighted by molar-refractivity contribution is 0.882. The fourth-order valence-electron chi connectivity index (χ4n) is 3.54. The van der Waals surface area contributed by atoms with Gasteiger partial charge in [-0.15, -0.1) is 0 Å². The van der Waals surface area contributed by atoms with Crippen LogP contribution in [0.5, 0.6) is 0 Å². The Morgan fingerprint density at radius 3 is 2.68 bits per heavy atom. The van der Waals surface area contributed by atoms with Crippen molar-refractivity contribution >= 4 is 28.2 Å². The quantitative estimate of drug-likeness (QED) is 0.533. The van der Waals surface area contributed by atoms with Gasteiger partial charge >= 0.3 is 0 Å². The zero-order chi connectivity index (χ0) is 16.8. The summed E-state index contributed by atoms with van der Waals surface area (Å²) in [4.78, 5) is 0. The monoisotopic (exact) mass is 345 g/mol. The van der Waals surface area contributed by atoms with Crippen LogP contribution in [-0.4, -0.2) is 16.3 Å². The van der Waals surface area contributed by atoms with E-state index in [1.54, 1.807) is 0 Å². The summed E-state index contributed by atoms with van der Waals surface area (Å²) in [6, 6.07) is 22.8. The first-order chi connectivity index (χ1) is 12.3. The second kappa shape index (κ2) is 5.64. The average Bonchev–Trinajstić information content (AvgIpc) is 3.24. The van der Waals surface area contributed by atoms with Crippen molar-refractivity contribution in [3.8, 4) is 16.9 Å². The average molecular weight is 346 g/mol. The van der Waals surface area contributed by atoms with Crippen molar-refractivity contribution in [3.05, 3.63) is 77.3 Å². The summed E-state index contributed by atoms with van der Waals surface area (Å²) in [5, 5.41) is 11.6. The van der Waals surface area contributed by atoms with Gasteiger partial charge in [-0.1, -0.05) is 54.1 Å². The normalized spacial score (nSPS) is 13.0. The zero-order valence-corrected chi connectivity index (χ0v) is 14.3. The molecule has 122 valence electrons. The predicted molar refractivity (Wildman–Crippen MR) is 104 cm³/mol. The molecule has 0 saturated carbocycles. The molecule has 3 aromatic carbocycles. The maximum Gasteiger partial charge on any atom is 0.133 e. The van der Waals surface area contributed by atoms with Gasteiger partial charge in [-0.2, -0.15) is 5.10 Å². The Hall–Kier alpha value is -2.78. The topological polar surface area (TPSA) is 29.9 Å². The van der Waals surface area contributed by atoms with E-state index >= 15 is 0 Å². The Kier molecular flexibility index (Phi) is 3.28. The Morgan fingerprint density at radius 2 is 1.80 bits per heavy atom. The molecule has 0 saturated heterocycles. The second-order valence-electron chi connectivity index (χ2n) is 6.31. The number of hydrogen-bond donors (Lipinski definition) is 1. The molecule has 3 nitrogen and oxygen atoms in total. The minimum atomic E-state index is 0.715. The third-order valence-electron chi connectivity index (χ3n) is 4.73. The van der Waals surface area contributed by atoms with Crippen molar-refractivity contribution in [2.75, 3.05) is 11.9 Å². The van der Waals surface area contributed by atoms with E-state index < -0.39 is 0 Å². The van der Waals surface area contributed by atoms with Crippen molar-refractivity contribution in [2.24, 2.45) is 0 Å². The van der Waals surface area contributed by atoms with E-state index in [9.17, 15) is 0 Å². The molecule has 1 aliphatic rings. The highest BCUT2D eigenvalue weighted by molar-refractivity contribution is 6.30. The number of nitrogens with zero attached hydrogens (tertiary/aromatic N) is 2. The minimum absolute atomic E-state index is 0.715. The Labute approximate surface area is 150 Å². The molecule has 2 heterocycles. The molecule has 1 N–H and O–H groups in total. The second-order valence-corrected chi connectivity index (χ2v) is 6.74. The number of fused-ring (bicyclic) bond motifs is 2. The van der Waals surface area contributed by atoms with Gasteiger partial charge in [-0.3, -0.25) is 0 Å². The maximum atomic E-state index is 6.17. The highest BCUT2D eigenvalue weighted by Gasteiger charge is 2.24. The van der Waals surface area contributed by atoms with Crippen molar-refractivity contribution in [3.63, 3.8) is 0 Å². The van der Waals surface area contributed by atoms with Crippen LogP contribution in [0.4, 0.5) is 5.82 Å². The molecule has 0 atom stereocenters. The first-order valence-electron chi connectivity index (χ1n) is 8.40. The standard InChI is InChI=1S/C21H16ClN3/c22-17-6-3-7-18(13-17)25-21-19(10-11-23-21)20(24-25)16-9-8-14-4-1-2-5-15(14)12-16/h1-9,12-13,23H,10-11H2. The number of nitrogens with one attached hydrogen (secondary N) is 1. The molecule has 0 amide bonds. The molecule has 4 aromatic rings. The lowest BCUT2D eigenvalue weighted by atomic mass is 10.0. The Bertz CT molecular complexity index is 1100. The predicted octanol–water partition coefficient (Wildman–Crippen LogP) is 5.31. The van der Waals surface area contributed by atoms with Crippen molar-refractivity contribution in [1.82, 2.24) is 9.78 Å². The fraction of sp³-hybridized carbons (Fsp3) is 0.0952. The van der Waals surface area contributed by atoms with Crippen LogP contribution in [0, 0.1) is 0 Å². The molecule has 0 unspecified atom stereocenters. The van der Waals surface area contributed by atoms with E-state index in [2.05, 4.69) is 47.8 Å². The number of aromatic nitrogens is 2. The molecule has 0 aliphatic carbocycles. The highest BCUT2D eigenvalue weighted by Crippen LogP contribution is 2.35. The lowest BCUT2D eigenvalue weighted by Crippen LogP contribution is -2.04. The van der Waals surface area contributed by atoms with Gasteiger partial charge in [0.1, 0.15) is 5.82 Å². The largest absolute Gasteiger partial charge is 0.369 e. The number of anilines is 1. The maximum absolute atomic E-state index is 6.17. The fourth-order valence-corrected chi connectivity index (χ4v) is 3.72. The van der Waals surface area contributed by atoms with Gasteiger partial charge in [0.15, 0.2) is 0 Å². The zero-order valence-electron chi connectivity index (χ0n) is 13.5. The summed E-state index contributed by atoms with van der Waals surface area (Å²) in [5.74, 6) is 1.07. The van der Waals surface area contributed by atoms with Gasteiger partial charge in [0.05, 0.1) is 11.4 Å². The van der Waals surface area contributed by atoms with Crippen LogP contribution >= 0.6 is 11.6 Å². The summed E-state index contributed by atoms with van der Waals surface area (Å²) in [6.45, 7) is 0.939. The Morgan fingerprint density at radius 1 is 0.920 bits per heavy atom. The van der Waals surface area contributed by atoms with Crippen LogP contribution in [0.25, 0.3) is 27.7 Å². The molecule has 1 aliphatic heterocycles. The van der Waals surface area contributed by atoms with E-state index in [1.807, 2.05) is 28.9 Å². The summed E-state index contributed by atoms with van der Waals surface area (Å²) in [6.07, 6.45) is 0.984. The van der Waals surface area contributed by atoms with Gasteiger partial charge < -0.3 is 5.32 Å². The van der Waals surface area contributed by atoms with Gasteiger partial charge in [-0.05, 0) is 41.5 Å². The molecule has 25 heavy (non-hydrogen) atoms. The van der Waals surface area contributed by atoms with Gasteiger partial charge in [-0.25, -0.2) is 4.68 Å². The van der Waals surface area contributed by atoms with E-state index in [4.69, 9.17) is 16.7 Å². The van der Waals surface area contributed by atoms with E-state index in [0.717, 1.165) is 35.7 Å². The number of rotatable bonds is 2. The molecule has 1 aromatic heterocycles. The number of halogens is 1. The first-order valence-corrected chi connectivity index (χ1v) is 8.78. The van der Waals surface area contributed by atoms with Crippen LogP contribution < -0.4 is 5.32 Å². The van der Waals surface area contributed by atoms with Gasteiger partial charge in [0, 0.05) is 22.7 Å². The summed E-state index contributed by atoms with van der Waals surface area (Å²) in [7, 11) is 0. The van der Waals surface area contributed by atoms with E-state index in [1.165, 1.54) is 16.3 Å². The molecular formula is C21H16ClN3. The third-order valence-corrected chi connectivity index (χ3v) is 4.96. The SMILES string of the molecule is Clc1cccc(-n2nc(-c3ccc4ccccc4c3)c3c2NCC3)c1. The van der Waals surface area contributed by atoms with Gasteiger partial charge in [0.2, 0.25) is 0 Å². The Balaban J connectivity index is 1.70. The van der Waals surface area contributed by atoms with Crippen LogP contribution in [0.3, 0.4) is 0 Å². The smallest absolute Gasteiger partial charge is 0.133 e. The van der Waals surface area contributed by atoms with E-state index in [-0.39, 0.29) is 0 Å². The number of hydrogen-bond acceptors (Lipinski definition) is 2. The lowest BCUT2D eigenvalue weighted by Gasteiger charge is -2.06. The van der Waals surface area contributed by atoms with E-state index in [0.29, 0.717) is 5.02 Å². The minimum Gasteiger partial charge on any atom is -0.369 e.